The molecule has 0 N–H and O–H groups in total. The highest BCUT2D eigenvalue weighted by Gasteiger charge is 2.14. The lowest BCUT2D eigenvalue weighted by atomic mass is 10.2. The van der Waals surface area contributed by atoms with Gasteiger partial charge in [0.25, 0.3) is 0 Å². The molecular weight excluding hydrogens is 268 g/mol. The number of aromatic nitrogens is 3. The van der Waals surface area contributed by atoms with Crippen molar-refractivity contribution in [3.63, 3.8) is 0 Å². The van der Waals surface area contributed by atoms with E-state index in [-0.39, 0.29) is 0 Å². The summed E-state index contributed by atoms with van der Waals surface area (Å²) in [6.45, 7) is 1.91. The molecule has 2 aromatic carbocycles. The van der Waals surface area contributed by atoms with Crippen molar-refractivity contribution in [2.45, 2.75) is 6.92 Å². The maximum Gasteiger partial charge on any atom is 0.155 e. The third-order valence-corrected chi connectivity index (χ3v) is 3.05. The number of rotatable bonds is 3. The van der Waals surface area contributed by atoms with Crippen LogP contribution >= 0.6 is 0 Å². The van der Waals surface area contributed by atoms with E-state index in [1.807, 2.05) is 37.3 Å². The molecular formula is C14H12N6O. The molecule has 0 spiro atoms. The number of azide groups is 1. The first-order valence-corrected chi connectivity index (χ1v) is 6.29. The van der Waals surface area contributed by atoms with Gasteiger partial charge in [-0.2, -0.15) is 0 Å². The first-order chi connectivity index (χ1) is 10.2. The van der Waals surface area contributed by atoms with Crippen LogP contribution in [0.25, 0.3) is 27.2 Å². The van der Waals surface area contributed by atoms with Crippen LogP contribution in [0, 0.1) is 6.92 Å². The molecule has 0 atom stereocenters. The second kappa shape index (κ2) is 5.15. The Hall–Kier alpha value is -3.05. The van der Waals surface area contributed by atoms with Crippen LogP contribution < -0.4 is 4.74 Å². The summed E-state index contributed by atoms with van der Waals surface area (Å²) < 4.78 is 5.37. The van der Waals surface area contributed by atoms with Crippen LogP contribution in [0.3, 0.4) is 0 Å². The monoisotopic (exact) mass is 280 g/mol. The molecule has 0 radical (unpaired) electrons. The summed E-state index contributed by atoms with van der Waals surface area (Å²) in [5.41, 5.74) is 12.2. The van der Waals surface area contributed by atoms with Gasteiger partial charge in [-0.25, -0.2) is 0 Å². The Labute approximate surface area is 120 Å². The predicted octanol–water partition coefficient (Wildman–Crippen LogP) is 3.68. The molecule has 1 heterocycles. The maximum atomic E-state index is 8.67. The highest BCUT2D eigenvalue weighted by molar-refractivity contribution is 5.74. The minimum absolute atomic E-state index is 0.413. The van der Waals surface area contributed by atoms with Gasteiger partial charge in [0.05, 0.1) is 12.8 Å². The number of fused-ring (bicyclic) bond motifs is 1. The van der Waals surface area contributed by atoms with Crippen molar-refractivity contribution in [1.29, 1.82) is 0 Å². The van der Waals surface area contributed by atoms with Gasteiger partial charge in [0.15, 0.2) is 5.75 Å². The summed E-state index contributed by atoms with van der Waals surface area (Å²) >= 11 is 0. The first kappa shape index (κ1) is 13.0. The summed E-state index contributed by atoms with van der Waals surface area (Å²) in [6, 6.07) is 11.2. The standard InChI is InChI=1S/C14H12N6O/c1-9-7-12(16-19-15)14(21-2)13(8-9)20-17-10-5-3-4-6-11(10)18-20/h3-8H,1-2H3. The Morgan fingerprint density at radius 3 is 2.43 bits per heavy atom. The van der Waals surface area contributed by atoms with E-state index >= 15 is 0 Å². The normalized spacial score (nSPS) is 10.4. The Balaban J connectivity index is 2.27. The van der Waals surface area contributed by atoms with Gasteiger partial charge in [0.1, 0.15) is 16.7 Å². The molecule has 0 aliphatic rings. The molecule has 3 rings (SSSR count). The van der Waals surface area contributed by atoms with Crippen molar-refractivity contribution in [1.82, 2.24) is 15.0 Å². The van der Waals surface area contributed by atoms with Gasteiger partial charge in [-0.05, 0) is 42.3 Å². The lowest BCUT2D eigenvalue weighted by Crippen LogP contribution is -2.02. The van der Waals surface area contributed by atoms with Gasteiger partial charge in [-0.1, -0.05) is 17.2 Å². The zero-order valence-electron chi connectivity index (χ0n) is 11.6. The van der Waals surface area contributed by atoms with E-state index in [0.29, 0.717) is 17.1 Å². The van der Waals surface area contributed by atoms with Crippen LogP contribution in [0.1, 0.15) is 5.56 Å². The number of ether oxygens (including phenoxy) is 1. The van der Waals surface area contributed by atoms with Crippen molar-refractivity contribution in [2.24, 2.45) is 5.11 Å². The van der Waals surface area contributed by atoms with Crippen molar-refractivity contribution in [3.05, 3.63) is 52.4 Å². The molecule has 0 amide bonds. The Morgan fingerprint density at radius 2 is 1.86 bits per heavy atom. The second-order valence-electron chi connectivity index (χ2n) is 4.50. The quantitative estimate of drug-likeness (QED) is 0.416. The van der Waals surface area contributed by atoms with Crippen molar-refractivity contribution >= 4 is 16.7 Å². The molecule has 0 aliphatic heterocycles. The molecule has 1 aromatic heterocycles. The lowest BCUT2D eigenvalue weighted by Gasteiger charge is -2.11. The van der Waals surface area contributed by atoms with Crippen molar-refractivity contribution in [3.8, 4) is 11.4 Å². The van der Waals surface area contributed by atoms with Crippen LogP contribution in [0.2, 0.25) is 0 Å². The smallest absolute Gasteiger partial charge is 0.155 e. The van der Waals surface area contributed by atoms with E-state index in [2.05, 4.69) is 20.2 Å². The average Bonchev–Trinajstić information content (AvgIpc) is 2.91. The number of hydrogen-bond donors (Lipinski definition) is 0. The fourth-order valence-electron chi connectivity index (χ4n) is 2.18. The van der Waals surface area contributed by atoms with E-state index in [9.17, 15) is 0 Å². The summed E-state index contributed by atoms with van der Waals surface area (Å²) in [5, 5.41) is 12.5. The number of aryl methyl sites for hydroxylation is 1. The molecule has 0 saturated carbocycles. The van der Waals surface area contributed by atoms with Crippen LogP contribution in [-0.4, -0.2) is 22.1 Å². The minimum atomic E-state index is 0.413. The van der Waals surface area contributed by atoms with Gasteiger partial charge in [0, 0.05) is 4.91 Å². The van der Waals surface area contributed by atoms with Gasteiger partial charge in [-0.3, -0.25) is 0 Å². The highest BCUT2D eigenvalue weighted by atomic mass is 16.5. The third-order valence-electron chi connectivity index (χ3n) is 3.05. The summed E-state index contributed by atoms with van der Waals surface area (Å²) in [5.74, 6) is 0.443. The molecule has 0 saturated heterocycles. The second-order valence-corrected chi connectivity index (χ2v) is 4.50. The van der Waals surface area contributed by atoms with Crippen LogP contribution in [0.15, 0.2) is 41.5 Å². The number of benzene rings is 2. The van der Waals surface area contributed by atoms with Crippen molar-refractivity contribution in [2.75, 3.05) is 7.11 Å². The molecule has 7 heteroatoms. The number of methoxy groups -OCH3 is 1. The number of nitrogens with zero attached hydrogens (tertiary/aromatic N) is 6. The van der Waals surface area contributed by atoms with E-state index in [1.165, 1.54) is 11.9 Å². The minimum Gasteiger partial charge on any atom is -0.494 e. The molecule has 0 fully saturated rings. The Kier molecular flexibility index (Phi) is 3.17. The van der Waals surface area contributed by atoms with Gasteiger partial charge >= 0.3 is 0 Å². The molecule has 0 aliphatic carbocycles. The van der Waals surface area contributed by atoms with Crippen LogP contribution in [0.4, 0.5) is 5.69 Å². The fourth-order valence-corrected chi connectivity index (χ4v) is 2.18. The lowest BCUT2D eigenvalue weighted by molar-refractivity contribution is 0.411. The van der Waals surface area contributed by atoms with Gasteiger partial charge in [-0.15, -0.1) is 15.0 Å². The largest absolute Gasteiger partial charge is 0.494 e. The fraction of sp³-hybridized carbons (Fsp3) is 0.143. The molecule has 7 nitrogen and oxygen atoms in total. The summed E-state index contributed by atoms with van der Waals surface area (Å²) in [7, 11) is 1.52. The maximum absolute atomic E-state index is 8.67. The first-order valence-electron chi connectivity index (χ1n) is 6.29. The van der Waals surface area contributed by atoms with E-state index in [1.54, 1.807) is 6.07 Å². The molecule has 0 bridgehead atoms. The highest BCUT2D eigenvalue weighted by Crippen LogP contribution is 2.35. The van der Waals surface area contributed by atoms with E-state index in [4.69, 9.17) is 10.3 Å². The summed E-state index contributed by atoms with van der Waals surface area (Å²) in [4.78, 5) is 4.32. The Bertz CT molecular complexity index is 830. The molecule has 21 heavy (non-hydrogen) atoms. The van der Waals surface area contributed by atoms with E-state index < -0.39 is 0 Å². The molecule has 104 valence electrons. The Morgan fingerprint density at radius 1 is 1.19 bits per heavy atom. The third kappa shape index (κ3) is 2.26. The molecule has 3 aromatic rings. The van der Waals surface area contributed by atoms with Gasteiger partial charge in [0.2, 0.25) is 0 Å². The average molecular weight is 280 g/mol. The zero-order chi connectivity index (χ0) is 14.8. The van der Waals surface area contributed by atoms with Crippen molar-refractivity contribution < 1.29 is 4.74 Å². The number of hydrogen-bond acceptors (Lipinski definition) is 4. The SMILES string of the molecule is COc1c(N=[N+]=[N-])cc(C)cc1-n1nc2ccccc2n1. The van der Waals surface area contributed by atoms with Crippen LogP contribution in [0.5, 0.6) is 5.75 Å². The zero-order valence-corrected chi connectivity index (χ0v) is 11.6. The topological polar surface area (TPSA) is 88.7 Å². The van der Waals surface area contributed by atoms with Gasteiger partial charge < -0.3 is 4.74 Å². The van der Waals surface area contributed by atoms with Crippen LogP contribution in [-0.2, 0) is 0 Å². The molecule has 0 unspecified atom stereocenters. The van der Waals surface area contributed by atoms with E-state index in [0.717, 1.165) is 16.6 Å². The summed E-state index contributed by atoms with van der Waals surface area (Å²) in [6.07, 6.45) is 0. The predicted molar refractivity (Wildman–Crippen MR) is 79.0 cm³/mol.